The van der Waals surface area contributed by atoms with Gasteiger partial charge in [-0.3, -0.25) is 4.79 Å². The lowest BCUT2D eigenvalue weighted by Gasteiger charge is -2.14. The summed E-state index contributed by atoms with van der Waals surface area (Å²) in [6.07, 6.45) is -1.02. The number of carbonyl (C=O) groups is 2. The maximum atomic E-state index is 12.1. The molecule has 0 aliphatic carbocycles. The van der Waals surface area contributed by atoms with Crippen LogP contribution >= 0.6 is 0 Å². The summed E-state index contributed by atoms with van der Waals surface area (Å²) >= 11 is 0. The molecule has 0 aliphatic rings. The van der Waals surface area contributed by atoms with Crippen LogP contribution in [0, 0.1) is 6.92 Å². The number of carbonyl (C=O) groups excluding carboxylic acids is 2. The van der Waals surface area contributed by atoms with Crippen molar-refractivity contribution in [2.45, 2.75) is 20.0 Å². The Morgan fingerprint density at radius 2 is 1.79 bits per heavy atom. The summed E-state index contributed by atoms with van der Waals surface area (Å²) in [5.41, 5.74) is 1.61. The van der Waals surface area contributed by atoms with Crippen LogP contribution in [0.1, 0.15) is 22.8 Å². The van der Waals surface area contributed by atoms with E-state index in [1.165, 1.54) is 32.2 Å². The van der Waals surface area contributed by atoms with Crippen LogP contribution in [0.15, 0.2) is 42.5 Å². The maximum absolute atomic E-state index is 12.1. The van der Waals surface area contributed by atoms with E-state index in [1.807, 2.05) is 19.1 Å². The second kappa shape index (κ2) is 7.50. The lowest BCUT2D eigenvalue weighted by molar-refractivity contribution is -0.123. The van der Waals surface area contributed by atoms with Gasteiger partial charge in [0.2, 0.25) is 0 Å². The number of amides is 1. The SMILES string of the molecule is COc1ccc(O)c(C(=O)O[C@@H](C)C(=O)Nc2ccc(C)cc2)c1. The summed E-state index contributed by atoms with van der Waals surface area (Å²) in [7, 11) is 1.44. The molecular formula is C18H19NO5. The Balaban J connectivity index is 2.02. The summed E-state index contributed by atoms with van der Waals surface area (Å²) < 4.78 is 10.1. The van der Waals surface area contributed by atoms with Crippen LogP contribution in [0.5, 0.6) is 11.5 Å². The Labute approximate surface area is 140 Å². The Morgan fingerprint density at radius 1 is 1.12 bits per heavy atom. The quantitative estimate of drug-likeness (QED) is 0.824. The van der Waals surface area contributed by atoms with Crippen molar-refractivity contribution in [1.82, 2.24) is 0 Å². The molecule has 0 bridgehead atoms. The number of anilines is 1. The first-order valence-electron chi connectivity index (χ1n) is 7.36. The number of esters is 1. The number of benzene rings is 2. The Kier molecular flexibility index (Phi) is 5.42. The van der Waals surface area contributed by atoms with Crippen molar-refractivity contribution in [2.75, 3.05) is 12.4 Å². The van der Waals surface area contributed by atoms with E-state index >= 15 is 0 Å². The zero-order valence-corrected chi connectivity index (χ0v) is 13.7. The highest BCUT2D eigenvalue weighted by Gasteiger charge is 2.21. The molecule has 0 fully saturated rings. The zero-order chi connectivity index (χ0) is 17.7. The molecule has 0 spiro atoms. The number of nitrogens with one attached hydrogen (secondary N) is 1. The van der Waals surface area contributed by atoms with E-state index in [9.17, 15) is 14.7 Å². The molecule has 1 amide bonds. The second-order valence-corrected chi connectivity index (χ2v) is 5.29. The maximum Gasteiger partial charge on any atom is 0.342 e. The molecule has 0 heterocycles. The van der Waals surface area contributed by atoms with Gasteiger partial charge in [-0.05, 0) is 44.2 Å². The topological polar surface area (TPSA) is 84.9 Å². The predicted octanol–water partition coefficient (Wildman–Crippen LogP) is 2.89. The molecule has 2 rings (SSSR count). The van der Waals surface area contributed by atoms with Crippen LogP contribution in [-0.4, -0.2) is 30.2 Å². The van der Waals surface area contributed by atoms with Crippen LogP contribution in [0.25, 0.3) is 0 Å². The fourth-order valence-corrected chi connectivity index (χ4v) is 1.96. The minimum Gasteiger partial charge on any atom is -0.507 e. The summed E-state index contributed by atoms with van der Waals surface area (Å²) in [4.78, 5) is 24.2. The average Bonchev–Trinajstić information content (AvgIpc) is 2.57. The fourth-order valence-electron chi connectivity index (χ4n) is 1.96. The minimum absolute atomic E-state index is 0.0654. The van der Waals surface area contributed by atoms with Crippen molar-refractivity contribution in [1.29, 1.82) is 0 Å². The summed E-state index contributed by atoms with van der Waals surface area (Å²) in [6, 6.07) is 11.4. The molecule has 0 aromatic heterocycles. The third kappa shape index (κ3) is 4.25. The molecule has 2 aromatic carbocycles. The van der Waals surface area contributed by atoms with Crippen molar-refractivity contribution < 1.29 is 24.2 Å². The van der Waals surface area contributed by atoms with Gasteiger partial charge in [0, 0.05) is 5.69 Å². The van der Waals surface area contributed by atoms with E-state index in [1.54, 1.807) is 12.1 Å². The number of rotatable bonds is 5. The molecule has 6 heteroatoms. The zero-order valence-electron chi connectivity index (χ0n) is 13.7. The molecule has 6 nitrogen and oxygen atoms in total. The van der Waals surface area contributed by atoms with Gasteiger partial charge in [0.25, 0.3) is 5.91 Å². The Morgan fingerprint density at radius 3 is 2.42 bits per heavy atom. The number of aromatic hydroxyl groups is 1. The standard InChI is InChI=1S/C18H19NO5/c1-11-4-6-13(7-5-11)19-17(21)12(2)24-18(22)15-10-14(23-3)8-9-16(15)20/h4-10,12,20H,1-3H3,(H,19,21)/t12-/m0/s1. The molecule has 0 radical (unpaired) electrons. The van der Waals surface area contributed by atoms with E-state index in [0.29, 0.717) is 11.4 Å². The van der Waals surface area contributed by atoms with E-state index in [-0.39, 0.29) is 11.3 Å². The summed E-state index contributed by atoms with van der Waals surface area (Å²) in [5.74, 6) is -1.11. The van der Waals surface area contributed by atoms with Crippen LogP contribution < -0.4 is 10.1 Å². The fraction of sp³-hybridized carbons (Fsp3) is 0.222. The Bertz CT molecular complexity index is 740. The molecule has 0 unspecified atom stereocenters. The number of ether oxygens (including phenoxy) is 2. The minimum atomic E-state index is -1.02. The Hall–Kier alpha value is -3.02. The molecule has 2 aromatic rings. The van der Waals surface area contributed by atoms with Crippen molar-refractivity contribution in [2.24, 2.45) is 0 Å². The number of methoxy groups -OCH3 is 1. The van der Waals surface area contributed by atoms with Gasteiger partial charge in [-0.2, -0.15) is 0 Å². The van der Waals surface area contributed by atoms with E-state index in [4.69, 9.17) is 9.47 Å². The largest absolute Gasteiger partial charge is 0.507 e. The highest BCUT2D eigenvalue weighted by atomic mass is 16.5. The molecule has 0 aliphatic heterocycles. The van der Waals surface area contributed by atoms with Gasteiger partial charge < -0.3 is 19.9 Å². The summed E-state index contributed by atoms with van der Waals surface area (Å²) in [5, 5.41) is 12.4. The predicted molar refractivity (Wildman–Crippen MR) is 89.3 cm³/mol. The van der Waals surface area contributed by atoms with Crippen molar-refractivity contribution in [3.05, 3.63) is 53.6 Å². The van der Waals surface area contributed by atoms with Crippen LogP contribution in [0.4, 0.5) is 5.69 Å². The third-order valence-corrected chi connectivity index (χ3v) is 3.40. The number of hydrogen-bond acceptors (Lipinski definition) is 5. The highest BCUT2D eigenvalue weighted by Crippen LogP contribution is 2.24. The molecule has 1 atom stereocenters. The van der Waals surface area contributed by atoms with Gasteiger partial charge in [-0.15, -0.1) is 0 Å². The molecule has 24 heavy (non-hydrogen) atoms. The molecule has 0 saturated heterocycles. The lowest BCUT2D eigenvalue weighted by Crippen LogP contribution is -2.30. The van der Waals surface area contributed by atoms with Crippen LogP contribution in [0.2, 0.25) is 0 Å². The first-order chi connectivity index (χ1) is 11.4. The monoisotopic (exact) mass is 329 g/mol. The van der Waals surface area contributed by atoms with Crippen molar-refractivity contribution in [3.63, 3.8) is 0 Å². The first-order valence-corrected chi connectivity index (χ1v) is 7.36. The van der Waals surface area contributed by atoms with Crippen LogP contribution in [0.3, 0.4) is 0 Å². The van der Waals surface area contributed by atoms with Gasteiger partial charge in [0.1, 0.15) is 17.1 Å². The first kappa shape index (κ1) is 17.3. The van der Waals surface area contributed by atoms with Gasteiger partial charge in [0.05, 0.1) is 7.11 Å². The number of phenols is 1. The van der Waals surface area contributed by atoms with Gasteiger partial charge in [0.15, 0.2) is 6.10 Å². The van der Waals surface area contributed by atoms with Gasteiger partial charge in [-0.25, -0.2) is 4.79 Å². The molecular weight excluding hydrogens is 310 g/mol. The molecule has 2 N–H and O–H groups in total. The van der Waals surface area contributed by atoms with E-state index in [0.717, 1.165) is 5.56 Å². The number of aryl methyl sites for hydroxylation is 1. The van der Waals surface area contributed by atoms with Crippen molar-refractivity contribution >= 4 is 17.6 Å². The number of phenolic OH excluding ortho intramolecular Hbond substituents is 1. The van der Waals surface area contributed by atoms with E-state index in [2.05, 4.69) is 5.32 Å². The van der Waals surface area contributed by atoms with Crippen molar-refractivity contribution in [3.8, 4) is 11.5 Å². The second-order valence-electron chi connectivity index (χ2n) is 5.29. The van der Waals surface area contributed by atoms with Gasteiger partial charge >= 0.3 is 5.97 Å². The normalized spacial score (nSPS) is 11.5. The van der Waals surface area contributed by atoms with Gasteiger partial charge in [-0.1, -0.05) is 17.7 Å². The molecule has 0 saturated carbocycles. The average molecular weight is 329 g/mol. The van der Waals surface area contributed by atoms with E-state index < -0.39 is 18.0 Å². The highest BCUT2D eigenvalue weighted by molar-refractivity contribution is 5.98. The lowest BCUT2D eigenvalue weighted by atomic mass is 10.2. The summed E-state index contributed by atoms with van der Waals surface area (Å²) in [6.45, 7) is 3.40. The molecule has 126 valence electrons. The smallest absolute Gasteiger partial charge is 0.342 e. The number of hydrogen-bond donors (Lipinski definition) is 2. The van der Waals surface area contributed by atoms with Crippen LogP contribution in [-0.2, 0) is 9.53 Å². The third-order valence-electron chi connectivity index (χ3n) is 3.40.